The molecule has 0 saturated heterocycles. The summed E-state index contributed by atoms with van der Waals surface area (Å²) in [5.74, 6) is 0. The fourth-order valence-corrected chi connectivity index (χ4v) is 3.96. The number of benzene rings is 1. The molecule has 0 spiro atoms. The number of hydrogen-bond donors (Lipinski definition) is 0. The molecule has 0 aliphatic rings. The highest BCUT2D eigenvalue weighted by Gasteiger charge is 2.23. The molecule has 1 heterocycles. The van der Waals surface area contributed by atoms with Crippen molar-refractivity contribution in [1.29, 1.82) is 0 Å². The van der Waals surface area contributed by atoms with Gasteiger partial charge < -0.3 is 0 Å². The largest absolute Gasteiger partial charge is 0.265 e. The molecule has 4 nitrogen and oxygen atoms in total. The van der Waals surface area contributed by atoms with Crippen LogP contribution in [0.1, 0.15) is 12.5 Å². The fourth-order valence-electron chi connectivity index (χ4n) is 1.84. The van der Waals surface area contributed by atoms with Gasteiger partial charge in [0.25, 0.3) is 0 Å². The third-order valence-electron chi connectivity index (χ3n) is 2.99. The summed E-state index contributed by atoms with van der Waals surface area (Å²) in [7, 11) is -3.56. The lowest BCUT2D eigenvalue weighted by Crippen LogP contribution is -2.30. The molecule has 0 atom stereocenters. The lowest BCUT2D eigenvalue weighted by atomic mass is 10.3. The molecule has 7 heteroatoms. The van der Waals surface area contributed by atoms with Gasteiger partial charge in [-0.05, 0) is 51.8 Å². The van der Waals surface area contributed by atoms with Gasteiger partial charge in [0, 0.05) is 30.0 Å². The highest BCUT2D eigenvalue weighted by atomic mass is 79.9. The topological polar surface area (TPSA) is 50.3 Å². The number of aromatic nitrogens is 1. The smallest absolute Gasteiger partial charge is 0.243 e. The van der Waals surface area contributed by atoms with Crippen LogP contribution in [0.4, 0.5) is 0 Å². The molecule has 0 saturated carbocycles. The van der Waals surface area contributed by atoms with E-state index in [1.807, 2.05) is 6.92 Å². The Morgan fingerprint density at radius 1 is 1.24 bits per heavy atom. The number of pyridine rings is 1. The zero-order valence-electron chi connectivity index (χ0n) is 11.3. The van der Waals surface area contributed by atoms with Crippen LogP contribution in [-0.4, -0.2) is 24.3 Å². The van der Waals surface area contributed by atoms with Gasteiger partial charge in [-0.25, -0.2) is 8.42 Å². The molecule has 2 rings (SSSR count). The second-order valence-corrected chi connectivity index (χ2v) is 7.56. The standard InChI is InChI=1S/C14H14BrClN2O2S/c1-2-18(10-11-5-7-17-8-6-11)21(19,20)12-3-4-14(16)13(15)9-12/h3-9H,2,10H2,1H3. The zero-order valence-corrected chi connectivity index (χ0v) is 14.5. The summed E-state index contributed by atoms with van der Waals surface area (Å²) >= 11 is 9.16. The molecule has 0 unspecified atom stereocenters. The molecule has 21 heavy (non-hydrogen) atoms. The van der Waals surface area contributed by atoms with Crippen molar-refractivity contribution < 1.29 is 8.42 Å². The molecule has 0 N–H and O–H groups in total. The fraction of sp³-hybridized carbons (Fsp3) is 0.214. The minimum absolute atomic E-state index is 0.217. The number of rotatable bonds is 5. The van der Waals surface area contributed by atoms with Crippen molar-refractivity contribution in [2.24, 2.45) is 0 Å². The molecular weight excluding hydrogens is 376 g/mol. The maximum Gasteiger partial charge on any atom is 0.243 e. The van der Waals surface area contributed by atoms with Gasteiger partial charge in [-0.1, -0.05) is 18.5 Å². The van der Waals surface area contributed by atoms with Crippen LogP contribution in [0.5, 0.6) is 0 Å². The second-order valence-electron chi connectivity index (χ2n) is 4.36. The molecule has 0 amide bonds. The Balaban J connectivity index is 2.33. The van der Waals surface area contributed by atoms with Gasteiger partial charge in [0.1, 0.15) is 0 Å². The van der Waals surface area contributed by atoms with Crippen LogP contribution < -0.4 is 0 Å². The second kappa shape index (κ2) is 6.87. The number of hydrogen-bond acceptors (Lipinski definition) is 3. The van der Waals surface area contributed by atoms with E-state index >= 15 is 0 Å². The molecule has 2 aromatic rings. The molecular formula is C14H14BrClN2O2S. The first-order valence-corrected chi connectivity index (χ1v) is 8.90. The molecule has 1 aromatic heterocycles. The summed E-state index contributed by atoms with van der Waals surface area (Å²) in [5, 5.41) is 0.478. The molecule has 112 valence electrons. The van der Waals surface area contributed by atoms with E-state index in [-0.39, 0.29) is 4.90 Å². The summed E-state index contributed by atoms with van der Waals surface area (Å²) < 4.78 is 27.3. The van der Waals surface area contributed by atoms with Crippen molar-refractivity contribution in [2.75, 3.05) is 6.54 Å². The Labute approximate surface area is 137 Å². The van der Waals surface area contributed by atoms with E-state index in [1.165, 1.54) is 16.4 Å². The highest BCUT2D eigenvalue weighted by Crippen LogP contribution is 2.27. The third kappa shape index (κ3) is 3.83. The molecule has 0 radical (unpaired) electrons. The average Bonchev–Trinajstić information content (AvgIpc) is 2.48. The van der Waals surface area contributed by atoms with Gasteiger partial charge >= 0.3 is 0 Å². The zero-order chi connectivity index (χ0) is 15.5. The molecule has 0 fully saturated rings. The van der Waals surface area contributed by atoms with Gasteiger partial charge in [0.05, 0.1) is 9.92 Å². The Kier molecular flexibility index (Phi) is 5.37. The minimum atomic E-state index is -3.56. The third-order valence-corrected chi connectivity index (χ3v) is 6.12. The van der Waals surface area contributed by atoms with E-state index in [0.29, 0.717) is 22.6 Å². The Morgan fingerprint density at radius 2 is 1.90 bits per heavy atom. The SMILES string of the molecule is CCN(Cc1ccncc1)S(=O)(=O)c1ccc(Cl)c(Br)c1. The van der Waals surface area contributed by atoms with Crippen molar-refractivity contribution in [3.63, 3.8) is 0 Å². The average molecular weight is 390 g/mol. The van der Waals surface area contributed by atoms with Crippen molar-refractivity contribution in [1.82, 2.24) is 9.29 Å². The maximum atomic E-state index is 12.7. The lowest BCUT2D eigenvalue weighted by molar-refractivity contribution is 0.423. The molecule has 0 bridgehead atoms. The number of halogens is 2. The van der Waals surface area contributed by atoms with Crippen molar-refractivity contribution >= 4 is 37.6 Å². The summed E-state index contributed by atoms with van der Waals surface area (Å²) in [5.41, 5.74) is 0.892. The molecule has 1 aromatic carbocycles. The van der Waals surface area contributed by atoms with Crippen LogP contribution in [0.3, 0.4) is 0 Å². The minimum Gasteiger partial charge on any atom is -0.265 e. The van der Waals surface area contributed by atoms with Crippen LogP contribution >= 0.6 is 27.5 Å². The van der Waals surface area contributed by atoms with Gasteiger partial charge in [-0.15, -0.1) is 0 Å². The van der Waals surface area contributed by atoms with E-state index in [0.717, 1.165) is 5.56 Å². The van der Waals surface area contributed by atoms with E-state index < -0.39 is 10.0 Å². The van der Waals surface area contributed by atoms with E-state index in [1.54, 1.807) is 30.6 Å². The van der Waals surface area contributed by atoms with Crippen LogP contribution in [0.2, 0.25) is 5.02 Å². The molecule has 0 aliphatic heterocycles. The molecule has 0 aliphatic carbocycles. The Morgan fingerprint density at radius 3 is 2.48 bits per heavy atom. The Hall–Kier alpha value is -0.950. The summed E-state index contributed by atoms with van der Waals surface area (Å²) in [6, 6.07) is 8.20. The highest BCUT2D eigenvalue weighted by molar-refractivity contribution is 9.10. The number of sulfonamides is 1. The lowest BCUT2D eigenvalue weighted by Gasteiger charge is -2.20. The maximum absolute atomic E-state index is 12.7. The first-order valence-electron chi connectivity index (χ1n) is 6.29. The van der Waals surface area contributed by atoms with Crippen LogP contribution in [0, 0.1) is 0 Å². The van der Waals surface area contributed by atoms with E-state index in [2.05, 4.69) is 20.9 Å². The quantitative estimate of drug-likeness (QED) is 0.783. The normalized spacial score (nSPS) is 11.8. The van der Waals surface area contributed by atoms with Crippen molar-refractivity contribution in [2.45, 2.75) is 18.4 Å². The van der Waals surface area contributed by atoms with Crippen LogP contribution in [0.15, 0.2) is 52.1 Å². The van der Waals surface area contributed by atoms with Crippen LogP contribution in [0.25, 0.3) is 0 Å². The van der Waals surface area contributed by atoms with Gasteiger partial charge in [0.15, 0.2) is 0 Å². The van der Waals surface area contributed by atoms with E-state index in [4.69, 9.17) is 11.6 Å². The number of nitrogens with zero attached hydrogens (tertiary/aromatic N) is 2. The first-order chi connectivity index (χ1) is 9.95. The van der Waals surface area contributed by atoms with Gasteiger partial charge in [0.2, 0.25) is 10.0 Å². The first kappa shape index (κ1) is 16.4. The van der Waals surface area contributed by atoms with Crippen molar-refractivity contribution in [3.05, 3.63) is 57.8 Å². The van der Waals surface area contributed by atoms with Crippen molar-refractivity contribution in [3.8, 4) is 0 Å². The van der Waals surface area contributed by atoms with Gasteiger partial charge in [-0.2, -0.15) is 4.31 Å². The van der Waals surface area contributed by atoms with Crippen LogP contribution in [-0.2, 0) is 16.6 Å². The summed E-state index contributed by atoms with van der Waals surface area (Å²) in [4.78, 5) is 4.15. The predicted octanol–water partition coefficient (Wildman–Crippen LogP) is 3.71. The Bertz CT molecular complexity index is 723. The van der Waals surface area contributed by atoms with E-state index in [9.17, 15) is 8.42 Å². The summed E-state index contributed by atoms with van der Waals surface area (Å²) in [6.07, 6.45) is 3.29. The predicted molar refractivity (Wildman–Crippen MR) is 86.7 cm³/mol. The monoisotopic (exact) mass is 388 g/mol. The van der Waals surface area contributed by atoms with Gasteiger partial charge in [-0.3, -0.25) is 4.98 Å². The summed E-state index contributed by atoms with van der Waals surface area (Å²) in [6.45, 7) is 2.50.